The topological polar surface area (TPSA) is 145 Å². The Bertz CT molecular complexity index is 1110. The summed E-state index contributed by atoms with van der Waals surface area (Å²) in [5.41, 5.74) is 5.62. The average molecular weight is 628 g/mol. The predicted octanol–water partition coefficient (Wildman–Crippen LogP) is 4.26. The fourth-order valence-electron chi connectivity index (χ4n) is 3.77. The SMILES string of the molecule is CC(=O)[O-].CC(=O)[O-].CCc1cc(C=NCCCN=Cc2cc(CC)cc(C(C)(C)C)c2O)c(O)c(C(C)(C)C)c1.[Co+2]. The Morgan fingerprint density at radius 2 is 1.00 bits per heavy atom. The number of carboxylic acid groups (broad SMARTS) is 2. The van der Waals surface area contributed by atoms with Crippen LogP contribution in [-0.2, 0) is 50.0 Å². The molecule has 0 aromatic heterocycles. The first-order chi connectivity index (χ1) is 18.8. The monoisotopic (exact) mass is 627 g/mol. The van der Waals surface area contributed by atoms with Crippen LogP contribution < -0.4 is 10.2 Å². The minimum absolute atomic E-state index is 0. The number of phenolic OH excluding ortho intramolecular Hbond substituents is 2. The van der Waals surface area contributed by atoms with Crippen LogP contribution in [0, 0.1) is 0 Å². The second kappa shape index (κ2) is 19.1. The molecule has 0 bridgehead atoms. The third kappa shape index (κ3) is 15.7. The number of carbonyl (C=O) groups excluding carboxylic acids is 2. The molecule has 0 amide bonds. The molecule has 235 valence electrons. The van der Waals surface area contributed by atoms with Gasteiger partial charge in [0.05, 0.1) is 0 Å². The van der Waals surface area contributed by atoms with Crippen LogP contribution in [0.2, 0.25) is 0 Å². The van der Waals surface area contributed by atoms with Crippen molar-refractivity contribution in [2.75, 3.05) is 13.1 Å². The summed E-state index contributed by atoms with van der Waals surface area (Å²) >= 11 is 0. The van der Waals surface area contributed by atoms with E-state index in [1.807, 2.05) is 12.1 Å². The summed E-state index contributed by atoms with van der Waals surface area (Å²) in [5.74, 6) is -1.52. The van der Waals surface area contributed by atoms with Crippen LogP contribution in [0.25, 0.3) is 0 Å². The second-order valence-corrected chi connectivity index (χ2v) is 11.8. The second-order valence-electron chi connectivity index (χ2n) is 11.8. The van der Waals surface area contributed by atoms with Gasteiger partial charge in [-0.1, -0.05) is 67.5 Å². The number of phenols is 2. The van der Waals surface area contributed by atoms with Crippen molar-refractivity contribution in [1.29, 1.82) is 0 Å². The molecule has 8 nitrogen and oxygen atoms in total. The predicted molar refractivity (Wildman–Crippen MR) is 163 cm³/mol. The van der Waals surface area contributed by atoms with E-state index >= 15 is 0 Å². The fourth-order valence-corrected chi connectivity index (χ4v) is 3.77. The number of hydrogen-bond acceptors (Lipinski definition) is 8. The van der Waals surface area contributed by atoms with Crippen molar-refractivity contribution in [3.8, 4) is 11.5 Å². The molecule has 0 aliphatic carbocycles. The molecular weight excluding hydrogens is 579 g/mol. The van der Waals surface area contributed by atoms with Gasteiger partial charge < -0.3 is 30.0 Å². The van der Waals surface area contributed by atoms with Crippen LogP contribution in [0.1, 0.15) is 109 Å². The van der Waals surface area contributed by atoms with Gasteiger partial charge in [-0.05, 0) is 67.2 Å². The molecule has 0 heterocycles. The van der Waals surface area contributed by atoms with Crippen molar-refractivity contribution >= 4 is 24.4 Å². The molecule has 0 atom stereocenters. The zero-order valence-corrected chi connectivity index (χ0v) is 27.8. The number of aliphatic carboxylic acids is 2. The summed E-state index contributed by atoms with van der Waals surface area (Å²) in [7, 11) is 0. The van der Waals surface area contributed by atoms with E-state index in [0.717, 1.165) is 55.4 Å². The van der Waals surface area contributed by atoms with Gasteiger partial charge in [-0.3, -0.25) is 9.98 Å². The van der Waals surface area contributed by atoms with Gasteiger partial charge in [0.1, 0.15) is 11.5 Å². The van der Waals surface area contributed by atoms with Gasteiger partial charge >= 0.3 is 16.8 Å². The van der Waals surface area contributed by atoms with E-state index in [2.05, 4.69) is 77.5 Å². The third-order valence-corrected chi connectivity index (χ3v) is 5.87. The van der Waals surface area contributed by atoms with Gasteiger partial charge in [-0.15, -0.1) is 0 Å². The largest absolute Gasteiger partial charge is 2.00 e. The molecule has 9 heteroatoms. The molecule has 0 aliphatic heterocycles. The first kappa shape index (κ1) is 41.0. The van der Waals surface area contributed by atoms with Crippen molar-refractivity contribution in [2.45, 2.75) is 99.3 Å². The molecule has 0 saturated heterocycles. The summed E-state index contributed by atoms with van der Waals surface area (Å²) < 4.78 is 0. The standard InChI is InChI=1S/C29H42N2O2.2C2H4O2.Co/c1-9-20-14-22(26(32)24(16-20)28(3,4)5)18-30-12-11-13-31-19-23-15-21(10-2)17-25(27(23)33)29(6,7)8;2*1-2(3)4;/h14-19,32-33H,9-13H2,1-8H3;2*1H3,(H,3,4);/q;;;+2/p-2. The number of hydrogen-bond donors (Lipinski definition) is 2. The summed E-state index contributed by atoms with van der Waals surface area (Å²) in [6.45, 7) is 20.1. The Morgan fingerprint density at radius 3 is 1.24 bits per heavy atom. The fraction of sp³-hybridized carbons (Fsp3) is 0.515. The van der Waals surface area contributed by atoms with Crippen LogP contribution in [-0.4, -0.2) is 47.7 Å². The van der Waals surface area contributed by atoms with E-state index < -0.39 is 11.9 Å². The van der Waals surface area contributed by atoms with Crippen molar-refractivity contribution in [3.05, 3.63) is 57.6 Å². The minimum Gasteiger partial charge on any atom is -0.550 e. The molecule has 0 saturated carbocycles. The number of aryl methyl sites for hydroxylation is 2. The molecule has 0 unspecified atom stereocenters. The number of aromatic hydroxyl groups is 2. The Labute approximate surface area is 262 Å². The maximum absolute atomic E-state index is 10.7. The first-order valence-corrected chi connectivity index (χ1v) is 13.9. The molecule has 2 aromatic carbocycles. The van der Waals surface area contributed by atoms with E-state index in [1.165, 1.54) is 11.1 Å². The summed E-state index contributed by atoms with van der Waals surface area (Å²) in [4.78, 5) is 26.8. The maximum Gasteiger partial charge on any atom is 2.00 e. The normalized spacial score (nSPS) is 11.3. The maximum atomic E-state index is 10.7. The number of carboxylic acids is 2. The summed E-state index contributed by atoms with van der Waals surface area (Å²) in [6.07, 6.45) is 6.19. The van der Waals surface area contributed by atoms with Gasteiger partial charge in [0.2, 0.25) is 0 Å². The van der Waals surface area contributed by atoms with Gasteiger partial charge in [0, 0.05) is 59.7 Å². The van der Waals surface area contributed by atoms with Crippen LogP contribution in [0.15, 0.2) is 34.3 Å². The molecule has 2 rings (SSSR count). The van der Waals surface area contributed by atoms with Gasteiger partial charge in [0.15, 0.2) is 0 Å². The Hall–Kier alpha value is -3.17. The smallest absolute Gasteiger partial charge is 0.550 e. The van der Waals surface area contributed by atoms with Crippen LogP contribution in [0.5, 0.6) is 11.5 Å². The number of nitrogens with zero attached hydrogens (tertiary/aromatic N) is 2. The number of carbonyl (C=O) groups is 2. The quantitative estimate of drug-likeness (QED) is 0.331. The number of benzene rings is 2. The van der Waals surface area contributed by atoms with Crippen molar-refractivity contribution < 1.29 is 46.8 Å². The van der Waals surface area contributed by atoms with Crippen molar-refractivity contribution in [1.82, 2.24) is 0 Å². The van der Waals surface area contributed by atoms with Gasteiger partial charge in [-0.2, -0.15) is 0 Å². The molecule has 2 N–H and O–H groups in total. The molecular formula is C33H48CoN2O6. The van der Waals surface area contributed by atoms with Crippen molar-refractivity contribution in [3.63, 3.8) is 0 Å². The molecule has 1 radical (unpaired) electrons. The van der Waals surface area contributed by atoms with Crippen LogP contribution in [0.3, 0.4) is 0 Å². The van der Waals surface area contributed by atoms with Gasteiger partial charge in [0.25, 0.3) is 0 Å². The van der Waals surface area contributed by atoms with Crippen LogP contribution in [0.4, 0.5) is 0 Å². The van der Waals surface area contributed by atoms with E-state index in [-0.39, 0.29) is 27.6 Å². The van der Waals surface area contributed by atoms with E-state index in [9.17, 15) is 10.2 Å². The Morgan fingerprint density at radius 1 is 0.714 bits per heavy atom. The Kier molecular flexibility index (Phi) is 18.6. The molecule has 0 fully saturated rings. The summed E-state index contributed by atoms with van der Waals surface area (Å²) in [6, 6.07) is 8.22. The van der Waals surface area contributed by atoms with Crippen LogP contribution >= 0.6 is 0 Å². The molecule has 2 aromatic rings. The van der Waals surface area contributed by atoms with Gasteiger partial charge in [-0.25, -0.2) is 0 Å². The number of rotatable bonds is 8. The van der Waals surface area contributed by atoms with E-state index in [4.69, 9.17) is 19.8 Å². The molecule has 0 spiro atoms. The van der Waals surface area contributed by atoms with E-state index in [1.54, 1.807) is 12.4 Å². The first-order valence-electron chi connectivity index (χ1n) is 13.9. The Balaban J connectivity index is 0. The number of aliphatic imine (C=N–C) groups is 2. The van der Waals surface area contributed by atoms with Crippen molar-refractivity contribution in [2.24, 2.45) is 9.98 Å². The summed E-state index contributed by atoms with van der Waals surface area (Å²) in [5, 5.41) is 39.2. The average Bonchev–Trinajstić information content (AvgIpc) is 2.83. The zero-order valence-electron chi connectivity index (χ0n) is 26.8. The molecule has 0 aliphatic rings. The minimum atomic E-state index is -1.08. The third-order valence-electron chi connectivity index (χ3n) is 5.87. The van der Waals surface area contributed by atoms with E-state index in [0.29, 0.717) is 24.6 Å². The zero-order chi connectivity index (χ0) is 32.0. The molecule has 42 heavy (non-hydrogen) atoms.